The van der Waals surface area contributed by atoms with Crippen LogP contribution in [0.4, 0.5) is 0 Å². The van der Waals surface area contributed by atoms with Crippen molar-refractivity contribution in [2.24, 2.45) is 68.1 Å². The molecule has 49 heavy (non-hydrogen) atoms. The van der Waals surface area contributed by atoms with Crippen LogP contribution in [0.2, 0.25) is 0 Å². The monoisotopic (exact) mass is 708 g/mol. The Morgan fingerprint density at radius 1 is 1.04 bits per heavy atom. The molecule has 0 spiro atoms. The Morgan fingerprint density at radius 3 is 2.31 bits per heavy atom. The minimum atomic E-state index is -3.67. The summed E-state index contributed by atoms with van der Waals surface area (Å²) in [5, 5.41) is 11.0. The topological polar surface area (TPSA) is 185 Å². The van der Waals surface area contributed by atoms with Crippen molar-refractivity contribution < 1.29 is 42.1 Å². The number of hydrogen-bond acceptors (Lipinski definition) is 10. The molecule has 12 heteroatoms. The maximum Gasteiger partial charge on any atom is 0.324 e. The highest BCUT2D eigenvalue weighted by molar-refractivity contribution is 7.91. The zero-order valence-electron chi connectivity index (χ0n) is 30.8. The molecule has 278 valence electrons. The third-order valence-electron chi connectivity index (χ3n) is 14.8. The van der Waals surface area contributed by atoms with Crippen molar-refractivity contribution in [3.05, 3.63) is 11.6 Å². The molecule has 5 N–H and O–H groups in total. The summed E-state index contributed by atoms with van der Waals surface area (Å²) in [5.74, 6) is -2.75. The van der Waals surface area contributed by atoms with Crippen LogP contribution in [-0.2, 0) is 38.4 Å². The summed E-state index contributed by atoms with van der Waals surface area (Å²) in [4.78, 5) is 39.3. The Hall–Kier alpha value is -2.02. The fourth-order valence-electron chi connectivity index (χ4n) is 11.9. The van der Waals surface area contributed by atoms with Crippen LogP contribution in [0.3, 0.4) is 0 Å². The number of sulfone groups is 1. The highest BCUT2D eigenvalue weighted by atomic mass is 32.2. The number of rotatable bonds is 10. The normalized spacial score (nSPS) is 42.8. The first-order chi connectivity index (χ1) is 22.6. The minimum Gasteiger partial charge on any atom is -0.481 e. The Kier molecular flexibility index (Phi) is 10.0. The second kappa shape index (κ2) is 12.9. The van der Waals surface area contributed by atoms with E-state index in [1.807, 2.05) is 6.92 Å². The lowest BCUT2D eigenvalue weighted by Crippen LogP contribution is -2.70. The van der Waals surface area contributed by atoms with E-state index in [-0.39, 0.29) is 47.5 Å². The number of carbonyl (C=O) groups is 3. The van der Waals surface area contributed by atoms with Crippen molar-refractivity contribution in [2.75, 3.05) is 31.3 Å². The first kappa shape index (κ1) is 38.2. The maximum absolute atomic E-state index is 13.4. The number of carboxylic acids is 1. The van der Waals surface area contributed by atoms with E-state index in [0.717, 1.165) is 25.7 Å². The van der Waals surface area contributed by atoms with Crippen molar-refractivity contribution in [3.63, 3.8) is 0 Å². The van der Waals surface area contributed by atoms with Gasteiger partial charge in [0, 0.05) is 24.3 Å². The van der Waals surface area contributed by atoms with Gasteiger partial charge in [-0.1, -0.05) is 60.1 Å². The van der Waals surface area contributed by atoms with Crippen LogP contribution in [0.1, 0.15) is 93.9 Å². The van der Waals surface area contributed by atoms with Gasteiger partial charge in [0.1, 0.15) is 18.2 Å². The summed E-state index contributed by atoms with van der Waals surface area (Å²) in [5.41, 5.74) is 10.4. The Morgan fingerprint density at radius 2 is 1.71 bits per heavy atom. The Balaban J connectivity index is 1.54. The van der Waals surface area contributed by atoms with Crippen LogP contribution in [0.25, 0.3) is 0 Å². The molecule has 0 radical (unpaired) electrons. The fraction of sp³-hybridized carbons (Fsp3) is 0.865. The number of aliphatic carboxylic acids is 1. The van der Waals surface area contributed by atoms with Gasteiger partial charge in [-0.2, -0.15) is 0 Å². The number of allylic oxidation sites excluding steroid dienone is 1. The number of fused-ring (bicyclic) bond motifs is 3. The first-order valence-electron chi connectivity index (χ1n) is 18.2. The van der Waals surface area contributed by atoms with Crippen LogP contribution >= 0.6 is 0 Å². The molecule has 3 saturated carbocycles. The van der Waals surface area contributed by atoms with Gasteiger partial charge in [-0.3, -0.25) is 14.4 Å². The molecular weight excluding hydrogens is 648 g/mol. The molecule has 5 rings (SSSR count). The van der Waals surface area contributed by atoms with Gasteiger partial charge in [-0.05, 0) is 78.4 Å². The summed E-state index contributed by atoms with van der Waals surface area (Å²) in [7, 11) is -3.67. The third kappa shape index (κ3) is 5.88. The van der Waals surface area contributed by atoms with Gasteiger partial charge in [-0.25, -0.2) is 8.42 Å². The number of esters is 2. The van der Waals surface area contributed by atoms with E-state index in [1.165, 1.54) is 12.5 Å². The van der Waals surface area contributed by atoms with Gasteiger partial charge < -0.3 is 30.8 Å². The molecule has 0 amide bonds. The van der Waals surface area contributed by atoms with E-state index in [9.17, 15) is 27.9 Å². The van der Waals surface area contributed by atoms with E-state index < -0.39 is 73.9 Å². The molecule has 1 heterocycles. The lowest BCUT2D eigenvalue weighted by molar-refractivity contribution is -0.263. The van der Waals surface area contributed by atoms with E-state index in [4.69, 9.17) is 25.7 Å². The number of carboxylic acid groups (broad SMARTS) is 1. The average Bonchev–Trinajstić information content (AvgIpc) is 2.98. The number of nitrogens with two attached hydrogens (primary N) is 2. The standard InChI is InChI=1S/C37H60N2O9S/c1-21(2)22(3)33(5)13-14-35(7)24-9-10-28-34(6)19-46-20-37(28,25(24)11-12-36(35,8)29(33)31(41)42)17-27(47-23(4)40)30(34)48-32(43)26(39)18-49(44,45)16-15-38/h11,21-22,24,26-30H,9-10,12-20,38-39H2,1-8H3,(H,41,42)/t22-,24+,26?,27-,28+,29-,30+,33-,34+,35-,36+,37+/m1/s1. The van der Waals surface area contributed by atoms with Crippen molar-refractivity contribution in [2.45, 2.75) is 112 Å². The molecule has 11 nitrogen and oxygen atoms in total. The Bertz CT molecular complexity index is 1480. The van der Waals surface area contributed by atoms with Gasteiger partial charge >= 0.3 is 17.9 Å². The molecule has 4 fully saturated rings. The zero-order valence-corrected chi connectivity index (χ0v) is 31.6. The molecule has 12 atom stereocenters. The molecule has 1 aliphatic heterocycles. The Labute approximate surface area is 292 Å². The fourth-order valence-corrected chi connectivity index (χ4v) is 13.1. The molecule has 0 aromatic heterocycles. The number of hydrogen-bond donors (Lipinski definition) is 3. The van der Waals surface area contributed by atoms with Crippen molar-refractivity contribution in [1.29, 1.82) is 0 Å². The molecule has 2 bridgehead atoms. The highest BCUT2D eigenvalue weighted by Gasteiger charge is 2.72. The van der Waals surface area contributed by atoms with Gasteiger partial charge in [0.25, 0.3) is 0 Å². The summed E-state index contributed by atoms with van der Waals surface area (Å²) in [6.07, 6.45) is 5.04. The molecule has 0 aromatic carbocycles. The van der Waals surface area contributed by atoms with Crippen LogP contribution < -0.4 is 11.5 Å². The van der Waals surface area contributed by atoms with Crippen LogP contribution in [-0.4, -0.2) is 80.9 Å². The molecule has 0 aromatic rings. The van der Waals surface area contributed by atoms with E-state index >= 15 is 0 Å². The lowest BCUT2D eigenvalue weighted by Gasteiger charge is -2.71. The predicted octanol–water partition coefficient (Wildman–Crippen LogP) is 4.12. The largest absolute Gasteiger partial charge is 0.481 e. The minimum absolute atomic E-state index is 0.0242. The molecule has 5 aliphatic rings. The van der Waals surface area contributed by atoms with Crippen molar-refractivity contribution in [1.82, 2.24) is 0 Å². The molecular formula is C37H60N2O9S. The van der Waals surface area contributed by atoms with E-state index in [0.29, 0.717) is 25.4 Å². The molecule has 4 aliphatic carbocycles. The second-order valence-corrected chi connectivity index (χ2v) is 19.8. The molecule has 1 unspecified atom stereocenters. The first-order valence-corrected chi connectivity index (χ1v) is 20.0. The van der Waals surface area contributed by atoms with Gasteiger partial charge in [0.05, 0.1) is 30.6 Å². The van der Waals surface area contributed by atoms with Gasteiger partial charge in [-0.15, -0.1) is 0 Å². The molecule has 1 saturated heterocycles. The van der Waals surface area contributed by atoms with Gasteiger partial charge in [0.2, 0.25) is 0 Å². The predicted molar refractivity (Wildman–Crippen MR) is 185 cm³/mol. The summed E-state index contributed by atoms with van der Waals surface area (Å²) >= 11 is 0. The average molecular weight is 709 g/mol. The lowest BCUT2D eigenvalue weighted by atomic mass is 9.34. The maximum atomic E-state index is 13.4. The summed E-state index contributed by atoms with van der Waals surface area (Å²) < 4.78 is 43.3. The van der Waals surface area contributed by atoms with Crippen LogP contribution in [0.5, 0.6) is 0 Å². The third-order valence-corrected chi connectivity index (χ3v) is 16.5. The second-order valence-electron chi connectivity index (χ2n) is 17.6. The number of carbonyl (C=O) groups excluding carboxylic acids is 2. The van der Waals surface area contributed by atoms with Gasteiger partial charge in [0.15, 0.2) is 9.84 Å². The van der Waals surface area contributed by atoms with Crippen LogP contribution in [0.15, 0.2) is 11.6 Å². The highest BCUT2D eigenvalue weighted by Crippen LogP contribution is 2.75. The van der Waals surface area contributed by atoms with E-state index in [2.05, 4.69) is 47.6 Å². The quantitative estimate of drug-likeness (QED) is 0.219. The van der Waals surface area contributed by atoms with E-state index in [1.54, 1.807) is 0 Å². The van der Waals surface area contributed by atoms with Crippen molar-refractivity contribution >= 4 is 27.7 Å². The number of ether oxygens (including phenoxy) is 3. The van der Waals surface area contributed by atoms with Crippen LogP contribution in [0, 0.1) is 56.7 Å². The summed E-state index contributed by atoms with van der Waals surface area (Å²) in [6, 6.07) is -1.42. The zero-order chi connectivity index (χ0) is 36.5. The SMILES string of the molecule is CC(=O)O[C@@H]1C[C@@]23COC[C@@](C)([C@@H]2CC[C@H]2C3=CC[C@@]3(C)[C@H](C(=O)O)[C@@](C)([C@H](C)C(C)C)CC[C@]23C)[C@H]1OC(=O)C(N)CS(=O)(=O)CCN. The van der Waals surface area contributed by atoms with Crippen molar-refractivity contribution in [3.8, 4) is 0 Å². The smallest absolute Gasteiger partial charge is 0.324 e. The summed E-state index contributed by atoms with van der Waals surface area (Å²) in [6.45, 7) is 17.3.